The summed E-state index contributed by atoms with van der Waals surface area (Å²) in [5.41, 5.74) is 0. The first-order valence-corrected chi connectivity index (χ1v) is 7.66. The lowest BCUT2D eigenvalue weighted by Gasteiger charge is -2.31. The maximum Gasteiger partial charge on any atom is 0.309 e. The maximum absolute atomic E-state index is 12.3. The van der Waals surface area contributed by atoms with Gasteiger partial charge < -0.3 is 4.74 Å². The van der Waals surface area contributed by atoms with Crippen molar-refractivity contribution in [3.8, 4) is 0 Å². The Kier molecular flexibility index (Phi) is 3.45. The van der Waals surface area contributed by atoms with Crippen molar-refractivity contribution >= 4 is 5.97 Å². The SMILES string of the molecule is CCCOC(=O)[C@H]1[C@H](C2CCCC2)[C@H]2C=C[C@@H]1C2. The second kappa shape index (κ2) is 5.07. The van der Waals surface area contributed by atoms with Crippen LogP contribution in [0, 0.1) is 29.6 Å². The molecular weight excluding hydrogens is 224 g/mol. The van der Waals surface area contributed by atoms with E-state index in [0.29, 0.717) is 24.4 Å². The van der Waals surface area contributed by atoms with Gasteiger partial charge in [-0.05, 0) is 36.5 Å². The highest BCUT2D eigenvalue weighted by molar-refractivity contribution is 5.74. The first-order valence-electron chi connectivity index (χ1n) is 7.66. The number of hydrogen-bond donors (Lipinski definition) is 0. The van der Waals surface area contributed by atoms with Crippen LogP contribution in [0.4, 0.5) is 0 Å². The van der Waals surface area contributed by atoms with Crippen LogP contribution in [-0.4, -0.2) is 12.6 Å². The summed E-state index contributed by atoms with van der Waals surface area (Å²) in [6, 6.07) is 0. The molecule has 0 aromatic carbocycles. The van der Waals surface area contributed by atoms with Crippen LogP contribution in [-0.2, 0) is 9.53 Å². The summed E-state index contributed by atoms with van der Waals surface area (Å²) in [6.45, 7) is 2.65. The Bertz CT molecular complexity index is 341. The maximum atomic E-state index is 12.3. The standard InChI is InChI=1S/C16H24O2/c1-2-9-18-16(17)15-13-8-7-12(10-13)14(15)11-5-3-4-6-11/h7-8,11-15H,2-6,9-10H2,1H3/t12-,13+,14+,15+/m0/s1. The fourth-order valence-electron chi connectivity index (χ4n) is 4.48. The molecule has 2 saturated carbocycles. The number of allylic oxidation sites excluding steroid dienone is 2. The zero-order chi connectivity index (χ0) is 12.5. The average Bonchev–Trinajstić information content (AvgIpc) is 3.09. The minimum atomic E-state index is 0.0885. The third-order valence-electron chi connectivity index (χ3n) is 5.18. The van der Waals surface area contributed by atoms with Crippen LogP contribution < -0.4 is 0 Å². The molecule has 0 aliphatic heterocycles. The molecule has 0 radical (unpaired) electrons. The third-order valence-corrected chi connectivity index (χ3v) is 5.18. The lowest BCUT2D eigenvalue weighted by molar-refractivity contribution is -0.152. The van der Waals surface area contributed by atoms with Crippen molar-refractivity contribution in [1.29, 1.82) is 0 Å². The molecule has 0 aromatic heterocycles. The van der Waals surface area contributed by atoms with Gasteiger partial charge in [0.25, 0.3) is 0 Å². The van der Waals surface area contributed by atoms with Gasteiger partial charge in [0, 0.05) is 0 Å². The van der Waals surface area contributed by atoms with Crippen LogP contribution >= 0.6 is 0 Å². The molecule has 0 heterocycles. The molecule has 2 fully saturated rings. The minimum Gasteiger partial charge on any atom is -0.465 e. The van der Waals surface area contributed by atoms with Crippen LogP contribution in [0.15, 0.2) is 12.2 Å². The Hall–Kier alpha value is -0.790. The van der Waals surface area contributed by atoms with Gasteiger partial charge in [-0.25, -0.2) is 0 Å². The van der Waals surface area contributed by atoms with Crippen molar-refractivity contribution in [2.75, 3.05) is 6.61 Å². The number of rotatable bonds is 4. The van der Waals surface area contributed by atoms with E-state index >= 15 is 0 Å². The summed E-state index contributed by atoms with van der Waals surface area (Å²) >= 11 is 0. The van der Waals surface area contributed by atoms with E-state index in [0.717, 1.165) is 12.3 Å². The zero-order valence-electron chi connectivity index (χ0n) is 11.3. The second-order valence-electron chi connectivity index (χ2n) is 6.26. The van der Waals surface area contributed by atoms with Gasteiger partial charge in [-0.3, -0.25) is 4.79 Å². The highest BCUT2D eigenvalue weighted by Crippen LogP contribution is 2.54. The summed E-state index contributed by atoms with van der Waals surface area (Å²) in [6.07, 6.45) is 12.2. The monoisotopic (exact) mass is 248 g/mol. The fourth-order valence-corrected chi connectivity index (χ4v) is 4.48. The van der Waals surface area contributed by atoms with Crippen molar-refractivity contribution in [3.63, 3.8) is 0 Å². The van der Waals surface area contributed by atoms with Crippen molar-refractivity contribution in [2.24, 2.45) is 29.6 Å². The topological polar surface area (TPSA) is 26.3 Å². The molecule has 0 spiro atoms. The van der Waals surface area contributed by atoms with Crippen LogP contribution in [0.3, 0.4) is 0 Å². The predicted octanol–water partition coefficient (Wildman–Crippen LogP) is 3.57. The van der Waals surface area contributed by atoms with Gasteiger partial charge in [-0.2, -0.15) is 0 Å². The molecular formula is C16H24O2. The van der Waals surface area contributed by atoms with Crippen LogP contribution in [0.2, 0.25) is 0 Å². The van der Waals surface area contributed by atoms with Gasteiger partial charge in [-0.15, -0.1) is 0 Å². The summed E-state index contributed by atoms with van der Waals surface area (Å²) in [5.74, 6) is 2.78. The molecule has 0 amide bonds. The molecule has 100 valence electrons. The van der Waals surface area contributed by atoms with E-state index in [-0.39, 0.29) is 11.9 Å². The summed E-state index contributed by atoms with van der Waals surface area (Å²) < 4.78 is 5.44. The first-order chi connectivity index (χ1) is 8.81. The number of fused-ring (bicyclic) bond motifs is 2. The van der Waals surface area contributed by atoms with E-state index in [1.54, 1.807) is 0 Å². The van der Waals surface area contributed by atoms with Crippen LogP contribution in [0.1, 0.15) is 45.4 Å². The van der Waals surface area contributed by atoms with Crippen molar-refractivity contribution in [2.45, 2.75) is 45.4 Å². The van der Waals surface area contributed by atoms with Crippen LogP contribution in [0.5, 0.6) is 0 Å². The van der Waals surface area contributed by atoms with E-state index < -0.39 is 0 Å². The average molecular weight is 248 g/mol. The van der Waals surface area contributed by atoms with Crippen molar-refractivity contribution < 1.29 is 9.53 Å². The van der Waals surface area contributed by atoms with E-state index in [2.05, 4.69) is 19.1 Å². The smallest absolute Gasteiger partial charge is 0.309 e. The molecule has 3 aliphatic rings. The van der Waals surface area contributed by atoms with Gasteiger partial charge in [-0.1, -0.05) is 44.8 Å². The number of carbonyl (C=O) groups excluding carboxylic acids is 1. The normalized spacial score (nSPS) is 38.5. The highest BCUT2D eigenvalue weighted by atomic mass is 16.5. The highest BCUT2D eigenvalue weighted by Gasteiger charge is 2.51. The molecule has 3 rings (SSSR count). The summed E-state index contributed by atoms with van der Waals surface area (Å²) in [5, 5.41) is 0. The van der Waals surface area contributed by atoms with Crippen molar-refractivity contribution in [3.05, 3.63) is 12.2 Å². The summed E-state index contributed by atoms with van der Waals surface area (Å²) in [4.78, 5) is 12.3. The number of hydrogen-bond acceptors (Lipinski definition) is 2. The van der Waals surface area contributed by atoms with E-state index in [1.807, 2.05) is 0 Å². The minimum absolute atomic E-state index is 0.0885. The zero-order valence-corrected chi connectivity index (χ0v) is 11.3. The lowest BCUT2D eigenvalue weighted by Crippen LogP contribution is -2.33. The molecule has 18 heavy (non-hydrogen) atoms. The third kappa shape index (κ3) is 2.00. The van der Waals surface area contributed by atoms with Crippen molar-refractivity contribution in [1.82, 2.24) is 0 Å². The summed E-state index contributed by atoms with van der Waals surface area (Å²) in [7, 11) is 0. The van der Waals surface area contributed by atoms with E-state index in [4.69, 9.17) is 4.74 Å². The Morgan fingerprint density at radius 1 is 1.22 bits per heavy atom. The molecule has 0 saturated heterocycles. The van der Waals surface area contributed by atoms with E-state index in [9.17, 15) is 4.79 Å². The van der Waals surface area contributed by atoms with Gasteiger partial charge in [0.1, 0.15) is 0 Å². The van der Waals surface area contributed by atoms with E-state index in [1.165, 1.54) is 32.1 Å². The predicted molar refractivity (Wildman–Crippen MR) is 70.9 cm³/mol. The molecule has 0 N–H and O–H groups in total. The molecule has 2 bridgehead atoms. The number of ether oxygens (including phenoxy) is 1. The molecule has 2 nitrogen and oxygen atoms in total. The molecule has 0 unspecified atom stereocenters. The van der Waals surface area contributed by atoms with Gasteiger partial charge in [0.2, 0.25) is 0 Å². The quantitative estimate of drug-likeness (QED) is 0.561. The van der Waals surface area contributed by atoms with Crippen LogP contribution in [0.25, 0.3) is 0 Å². The van der Waals surface area contributed by atoms with Gasteiger partial charge >= 0.3 is 5.97 Å². The Morgan fingerprint density at radius 2 is 1.94 bits per heavy atom. The number of carbonyl (C=O) groups is 1. The molecule has 3 aliphatic carbocycles. The van der Waals surface area contributed by atoms with Gasteiger partial charge in [0.05, 0.1) is 12.5 Å². The molecule has 0 aromatic rings. The lowest BCUT2D eigenvalue weighted by atomic mass is 9.74. The largest absolute Gasteiger partial charge is 0.465 e. The Balaban J connectivity index is 1.73. The van der Waals surface area contributed by atoms with Gasteiger partial charge in [0.15, 0.2) is 0 Å². The Morgan fingerprint density at radius 3 is 2.67 bits per heavy atom. The second-order valence-corrected chi connectivity index (χ2v) is 6.26. The fraction of sp³-hybridized carbons (Fsp3) is 0.812. The molecule has 2 heteroatoms. The Labute approximate surface area is 110 Å². The molecule has 4 atom stereocenters. The first kappa shape index (κ1) is 12.3. The number of esters is 1.